The third-order valence-electron chi connectivity index (χ3n) is 1.42. The number of rotatable bonds is 4. The first-order valence-electron chi connectivity index (χ1n) is 3.76. The Morgan fingerprint density at radius 3 is 2.67 bits per heavy atom. The fourth-order valence-corrected chi connectivity index (χ4v) is 0.804. The van der Waals surface area contributed by atoms with Gasteiger partial charge in [-0.3, -0.25) is 0 Å². The molecule has 0 aromatic carbocycles. The first-order chi connectivity index (χ1) is 4.31. The summed E-state index contributed by atoms with van der Waals surface area (Å²) in [6, 6.07) is 0. The molecule has 0 heteroatoms. The highest BCUT2D eigenvalue weighted by atomic mass is 13.9. The number of hydrogen-bond acceptors (Lipinski definition) is 0. The second-order valence-corrected chi connectivity index (χ2v) is 2.44. The van der Waals surface area contributed by atoms with Crippen LogP contribution in [0, 0.1) is 6.92 Å². The minimum Gasteiger partial charge on any atom is -0.0856 e. The lowest BCUT2D eigenvalue weighted by atomic mass is 10.1. The minimum absolute atomic E-state index is 0.940. The fourth-order valence-electron chi connectivity index (χ4n) is 0.804. The van der Waals surface area contributed by atoms with Crippen molar-refractivity contribution in [2.75, 3.05) is 0 Å². The van der Waals surface area contributed by atoms with Gasteiger partial charge in [0.05, 0.1) is 0 Å². The first-order valence-corrected chi connectivity index (χ1v) is 3.76. The maximum Gasteiger partial charge on any atom is -0.0323 e. The Kier molecular flexibility index (Phi) is 5.70. The van der Waals surface area contributed by atoms with E-state index in [-0.39, 0.29) is 0 Å². The van der Waals surface area contributed by atoms with E-state index < -0.39 is 0 Å². The molecule has 0 unspecified atom stereocenters. The Morgan fingerprint density at radius 2 is 2.22 bits per heavy atom. The van der Waals surface area contributed by atoms with Crippen molar-refractivity contribution in [2.24, 2.45) is 0 Å². The second kappa shape index (κ2) is 5.87. The van der Waals surface area contributed by atoms with Gasteiger partial charge in [-0.2, -0.15) is 0 Å². The highest BCUT2D eigenvalue weighted by Crippen LogP contribution is 2.05. The summed E-state index contributed by atoms with van der Waals surface area (Å²) in [5.41, 5.74) is 1.49. The predicted octanol–water partition coefficient (Wildman–Crippen LogP) is 3.35. The summed E-state index contributed by atoms with van der Waals surface area (Å²) in [6.45, 7) is 8.16. The van der Waals surface area contributed by atoms with Crippen LogP contribution in [0.3, 0.4) is 0 Å². The highest BCUT2D eigenvalue weighted by Gasteiger charge is 1.85. The molecule has 0 amide bonds. The molecule has 0 aliphatic carbocycles. The van der Waals surface area contributed by atoms with E-state index in [4.69, 9.17) is 0 Å². The summed E-state index contributed by atoms with van der Waals surface area (Å²) < 4.78 is 0. The van der Waals surface area contributed by atoms with Crippen molar-refractivity contribution >= 4 is 0 Å². The molecular formula is C9H17. The van der Waals surface area contributed by atoms with Crippen molar-refractivity contribution < 1.29 is 0 Å². The van der Waals surface area contributed by atoms with Crippen LogP contribution in [0.15, 0.2) is 11.6 Å². The number of unbranched alkanes of at least 4 members (excludes halogenated alkanes) is 1. The topological polar surface area (TPSA) is 0 Å². The summed E-state index contributed by atoms with van der Waals surface area (Å²) in [5.74, 6) is 0. The van der Waals surface area contributed by atoms with Crippen molar-refractivity contribution in [1.29, 1.82) is 0 Å². The molecule has 0 rings (SSSR count). The monoisotopic (exact) mass is 125 g/mol. The SMILES string of the molecule is [CH2]CC=C(C)CCCC. The maximum atomic E-state index is 3.76. The Bertz CT molecular complexity index is 80.0. The number of hydrogen-bond donors (Lipinski definition) is 0. The molecule has 1 radical (unpaired) electrons. The quantitative estimate of drug-likeness (QED) is 0.505. The van der Waals surface area contributed by atoms with Gasteiger partial charge >= 0.3 is 0 Å². The Morgan fingerprint density at radius 1 is 1.56 bits per heavy atom. The van der Waals surface area contributed by atoms with E-state index in [0.717, 1.165) is 6.42 Å². The normalized spacial score (nSPS) is 12.1. The Labute approximate surface area is 59.0 Å². The van der Waals surface area contributed by atoms with Crippen molar-refractivity contribution in [3.63, 3.8) is 0 Å². The lowest BCUT2D eigenvalue weighted by molar-refractivity contribution is 0.785. The molecule has 0 aromatic heterocycles. The van der Waals surface area contributed by atoms with Crippen LogP contribution >= 0.6 is 0 Å². The van der Waals surface area contributed by atoms with Crippen molar-refractivity contribution in [3.05, 3.63) is 18.6 Å². The molecule has 0 atom stereocenters. The Hall–Kier alpha value is -0.260. The van der Waals surface area contributed by atoms with Gasteiger partial charge in [-0.05, 0) is 33.1 Å². The van der Waals surface area contributed by atoms with Crippen LogP contribution in [0.5, 0.6) is 0 Å². The summed E-state index contributed by atoms with van der Waals surface area (Å²) in [6.07, 6.45) is 7.02. The molecule has 0 bridgehead atoms. The van der Waals surface area contributed by atoms with Crippen LogP contribution in [-0.4, -0.2) is 0 Å². The van der Waals surface area contributed by atoms with E-state index in [2.05, 4.69) is 26.8 Å². The van der Waals surface area contributed by atoms with Gasteiger partial charge in [0.1, 0.15) is 0 Å². The lowest BCUT2D eigenvalue weighted by Gasteiger charge is -1.96. The third-order valence-corrected chi connectivity index (χ3v) is 1.42. The van der Waals surface area contributed by atoms with Gasteiger partial charge in [-0.15, -0.1) is 0 Å². The van der Waals surface area contributed by atoms with E-state index in [9.17, 15) is 0 Å². The molecule has 0 aliphatic heterocycles. The van der Waals surface area contributed by atoms with E-state index in [1.54, 1.807) is 0 Å². The standard InChI is InChI=1S/C9H17/c1-4-6-8-9(3)7-5-2/h7H,2,4-6,8H2,1,3H3. The summed E-state index contributed by atoms with van der Waals surface area (Å²) >= 11 is 0. The predicted molar refractivity (Wildman–Crippen MR) is 43.3 cm³/mol. The van der Waals surface area contributed by atoms with E-state index in [1.165, 1.54) is 24.8 Å². The highest BCUT2D eigenvalue weighted by molar-refractivity contribution is 4.97. The molecule has 0 spiro atoms. The smallest absolute Gasteiger partial charge is 0.0323 e. The van der Waals surface area contributed by atoms with Gasteiger partial charge in [-0.1, -0.05) is 25.0 Å². The molecular weight excluding hydrogens is 108 g/mol. The second-order valence-electron chi connectivity index (χ2n) is 2.44. The molecule has 0 N–H and O–H groups in total. The zero-order valence-corrected chi connectivity index (χ0v) is 6.61. The average molecular weight is 125 g/mol. The molecule has 0 heterocycles. The molecule has 0 aliphatic rings. The van der Waals surface area contributed by atoms with Crippen LogP contribution in [0.1, 0.15) is 39.5 Å². The van der Waals surface area contributed by atoms with Gasteiger partial charge < -0.3 is 0 Å². The van der Waals surface area contributed by atoms with Crippen molar-refractivity contribution in [2.45, 2.75) is 39.5 Å². The molecule has 0 saturated carbocycles. The van der Waals surface area contributed by atoms with Gasteiger partial charge in [0, 0.05) is 0 Å². The van der Waals surface area contributed by atoms with Gasteiger partial charge in [-0.25, -0.2) is 0 Å². The van der Waals surface area contributed by atoms with E-state index >= 15 is 0 Å². The van der Waals surface area contributed by atoms with Crippen LogP contribution < -0.4 is 0 Å². The van der Waals surface area contributed by atoms with E-state index in [1.807, 2.05) is 0 Å². The van der Waals surface area contributed by atoms with Crippen LogP contribution in [0.2, 0.25) is 0 Å². The Balaban J connectivity index is 3.25. The van der Waals surface area contributed by atoms with Crippen molar-refractivity contribution in [3.8, 4) is 0 Å². The zero-order chi connectivity index (χ0) is 7.11. The average Bonchev–Trinajstić information content (AvgIpc) is 1.85. The van der Waals surface area contributed by atoms with Crippen LogP contribution in [-0.2, 0) is 0 Å². The zero-order valence-electron chi connectivity index (χ0n) is 6.61. The van der Waals surface area contributed by atoms with Gasteiger partial charge in [0.15, 0.2) is 0 Å². The fraction of sp³-hybridized carbons (Fsp3) is 0.667. The molecule has 0 fully saturated rings. The molecule has 9 heavy (non-hydrogen) atoms. The summed E-state index contributed by atoms with van der Waals surface area (Å²) in [7, 11) is 0. The van der Waals surface area contributed by atoms with Crippen molar-refractivity contribution in [1.82, 2.24) is 0 Å². The summed E-state index contributed by atoms with van der Waals surface area (Å²) in [4.78, 5) is 0. The summed E-state index contributed by atoms with van der Waals surface area (Å²) in [5, 5.41) is 0. The maximum absolute atomic E-state index is 3.76. The van der Waals surface area contributed by atoms with E-state index in [0.29, 0.717) is 0 Å². The largest absolute Gasteiger partial charge is 0.0856 e. The lowest BCUT2D eigenvalue weighted by Crippen LogP contribution is -1.75. The molecule has 0 saturated heterocycles. The third kappa shape index (κ3) is 5.61. The van der Waals surface area contributed by atoms with Crippen LogP contribution in [0.4, 0.5) is 0 Å². The minimum atomic E-state index is 0.940. The van der Waals surface area contributed by atoms with Gasteiger partial charge in [0.2, 0.25) is 0 Å². The number of allylic oxidation sites excluding steroid dienone is 2. The van der Waals surface area contributed by atoms with Crippen LogP contribution in [0.25, 0.3) is 0 Å². The molecule has 0 aromatic rings. The molecule has 0 nitrogen and oxygen atoms in total. The van der Waals surface area contributed by atoms with Gasteiger partial charge in [0.25, 0.3) is 0 Å². The first kappa shape index (κ1) is 8.74. The molecule has 53 valence electrons.